The number of hydrogen-bond acceptors (Lipinski definition) is 5. The van der Waals surface area contributed by atoms with Crippen molar-refractivity contribution in [3.05, 3.63) is 64.0 Å². The van der Waals surface area contributed by atoms with E-state index in [1.807, 2.05) is 6.92 Å². The molecule has 1 N–H and O–H groups in total. The molecule has 0 spiro atoms. The van der Waals surface area contributed by atoms with Crippen LogP contribution in [0.4, 0.5) is 15.8 Å². The third-order valence-electron chi connectivity index (χ3n) is 3.52. The molecule has 0 aliphatic carbocycles. The molecule has 0 saturated carbocycles. The van der Waals surface area contributed by atoms with Crippen molar-refractivity contribution in [2.45, 2.75) is 11.8 Å². The molecule has 0 fully saturated rings. The van der Waals surface area contributed by atoms with Gasteiger partial charge in [0, 0.05) is 18.8 Å². The van der Waals surface area contributed by atoms with Crippen LogP contribution in [-0.2, 0) is 14.8 Å². The Bertz CT molecular complexity index is 945. The Labute approximate surface area is 149 Å². The molecule has 0 heterocycles. The maximum atomic E-state index is 13.4. The zero-order valence-electron chi connectivity index (χ0n) is 14.0. The SMILES string of the molecule is Cc1ccc(NC(=O)CN(C)S(=O)(=O)c2ccc(F)c([N+](=O)[O-])c2)cc1. The number of nitrogens with one attached hydrogen (secondary N) is 1. The average molecular weight is 381 g/mol. The molecule has 0 radical (unpaired) electrons. The summed E-state index contributed by atoms with van der Waals surface area (Å²) in [7, 11) is -3.05. The van der Waals surface area contributed by atoms with E-state index in [4.69, 9.17) is 0 Å². The van der Waals surface area contributed by atoms with Gasteiger partial charge in [0.05, 0.1) is 16.4 Å². The Balaban J connectivity index is 2.15. The number of amides is 1. The zero-order chi connectivity index (χ0) is 19.5. The fraction of sp³-hybridized carbons (Fsp3) is 0.188. The summed E-state index contributed by atoms with van der Waals surface area (Å²) in [5.41, 5.74) is 0.549. The molecule has 138 valence electrons. The molecule has 0 bridgehead atoms. The smallest absolute Gasteiger partial charge is 0.306 e. The van der Waals surface area contributed by atoms with Crippen molar-refractivity contribution in [3.8, 4) is 0 Å². The second-order valence-electron chi connectivity index (χ2n) is 5.55. The number of carbonyl (C=O) groups is 1. The van der Waals surface area contributed by atoms with Crippen LogP contribution < -0.4 is 5.32 Å². The maximum Gasteiger partial charge on any atom is 0.306 e. The zero-order valence-corrected chi connectivity index (χ0v) is 14.8. The summed E-state index contributed by atoms with van der Waals surface area (Å²) in [6.07, 6.45) is 0. The minimum Gasteiger partial charge on any atom is -0.325 e. The lowest BCUT2D eigenvalue weighted by Gasteiger charge is -2.17. The normalized spacial score (nSPS) is 11.4. The van der Waals surface area contributed by atoms with Crippen LogP contribution in [0, 0.1) is 22.9 Å². The van der Waals surface area contributed by atoms with Crippen molar-refractivity contribution in [2.24, 2.45) is 0 Å². The number of aryl methyl sites for hydroxylation is 1. The van der Waals surface area contributed by atoms with Gasteiger partial charge in [0.2, 0.25) is 21.7 Å². The molecule has 2 rings (SSSR count). The van der Waals surface area contributed by atoms with Crippen molar-refractivity contribution in [1.82, 2.24) is 4.31 Å². The molecule has 8 nitrogen and oxygen atoms in total. The molecule has 0 unspecified atom stereocenters. The molecule has 1 amide bonds. The first-order chi connectivity index (χ1) is 12.1. The third-order valence-corrected chi connectivity index (χ3v) is 5.32. The van der Waals surface area contributed by atoms with Gasteiger partial charge in [-0.25, -0.2) is 8.42 Å². The highest BCUT2D eigenvalue weighted by atomic mass is 32.2. The van der Waals surface area contributed by atoms with E-state index in [1.54, 1.807) is 24.3 Å². The van der Waals surface area contributed by atoms with E-state index >= 15 is 0 Å². The number of nitro benzene ring substituents is 1. The molecule has 2 aromatic rings. The topological polar surface area (TPSA) is 110 Å². The summed E-state index contributed by atoms with van der Waals surface area (Å²) >= 11 is 0. The number of nitrogens with zero attached hydrogens (tertiary/aromatic N) is 2. The average Bonchev–Trinajstić information content (AvgIpc) is 2.56. The maximum absolute atomic E-state index is 13.4. The molecular weight excluding hydrogens is 365 g/mol. The van der Waals surface area contributed by atoms with Gasteiger partial charge in [-0.2, -0.15) is 8.70 Å². The van der Waals surface area contributed by atoms with Gasteiger partial charge < -0.3 is 5.32 Å². The summed E-state index contributed by atoms with van der Waals surface area (Å²) in [5.74, 6) is -1.73. The minimum atomic E-state index is -4.20. The van der Waals surface area contributed by atoms with E-state index in [9.17, 15) is 27.7 Å². The van der Waals surface area contributed by atoms with Crippen LogP contribution in [0.2, 0.25) is 0 Å². The molecule has 2 aromatic carbocycles. The number of anilines is 1. The van der Waals surface area contributed by atoms with E-state index in [0.29, 0.717) is 17.8 Å². The Morgan fingerprint density at radius 1 is 1.23 bits per heavy atom. The Morgan fingerprint density at radius 3 is 2.42 bits per heavy atom. The van der Waals surface area contributed by atoms with E-state index in [0.717, 1.165) is 23.0 Å². The highest BCUT2D eigenvalue weighted by Gasteiger charge is 2.26. The number of rotatable bonds is 6. The highest BCUT2D eigenvalue weighted by molar-refractivity contribution is 7.89. The van der Waals surface area contributed by atoms with E-state index < -0.39 is 43.8 Å². The number of carbonyl (C=O) groups excluding carboxylic acids is 1. The molecule has 0 saturated heterocycles. The van der Waals surface area contributed by atoms with Crippen molar-refractivity contribution < 1.29 is 22.5 Å². The van der Waals surface area contributed by atoms with Crippen molar-refractivity contribution >= 4 is 27.3 Å². The number of halogens is 1. The molecular formula is C16H16FN3O5S. The Morgan fingerprint density at radius 2 is 1.85 bits per heavy atom. The van der Waals surface area contributed by atoms with Gasteiger partial charge in [-0.3, -0.25) is 14.9 Å². The van der Waals surface area contributed by atoms with Crippen LogP contribution in [0.15, 0.2) is 47.4 Å². The quantitative estimate of drug-likeness (QED) is 0.610. The van der Waals surface area contributed by atoms with E-state index in [-0.39, 0.29) is 0 Å². The first-order valence-corrected chi connectivity index (χ1v) is 8.82. The molecule has 26 heavy (non-hydrogen) atoms. The van der Waals surface area contributed by atoms with Gasteiger partial charge >= 0.3 is 5.69 Å². The van der Waals surface area contributed by atoms with Crippen molar-refractivity contribution in [3.63, 3.8) is 0 Å². The number of nitro groups is 1. The summed E-state index contributed by atoms with van der Waals surface area (Å²) in [6, 6.07) is 9.15. The van der Waals surface area contributed by atoms with Crippen LogP contribution in [0.25, 0.3) is 0 Å². The second kappa shape index (κ2) is 7.58. The van der Waals surface area contributed by atoms with Crippen LogP contribution in [0.5, 0.6) is 0 Å². The summed E-state index contributed by atoms with van der Waals surface area (Å²) < 4.78 is 39.0. The molecule has 0 aromatic heterocycles. The lowest BCUT2D eigenvalue weighted by molar-refractivity contribution is -0.387. The summed E-state index contributed by atoms with van der Waals surface area (Å²) in [5, 5.41) is 13.3. The first kappa shape index (κ1) is 19.5. The fourth-order valence-corrected chi connectivity index (χ4v) is 3.25. The lowest BCUT2D eigenvalue weighted by atomic mass is 10.2. The predicted molar refractivity (Wildman–Crippen MR) is 92.7 cm³/mol. The second-order valence-corrected chi connectivity index (χ2v) is 7.59. The number of hydrogen-bond donors (Lipinski definition) is 1. The summed E-state index contributed by atoms with van der Waals surface area (Å²) in [4.78, 5) is 21.3. The van der Waals surface area contributed by atoms with Crippen molar-refractivity contribution in [1.29, 1.82) is 0 Å². The van der Waals surface area contributed by atoms with E-state index in [2.05, 4.69) is 5.32 Å². The number of sulfonamides is 1. The van der Waals surface area contributed by atoms with Gasteiger partial charge in [0.25, 0.3) is 0 Å². The number of benzene rings is 2. The van der Waals surface area contributed by atoms with E-state index in [1.165, 1.54) is 0 Å². The fourth-order valence-electron chi connectivity index (χ4n) is 2.10. The molecule has 0 aliphatic heterocycles. The monoisotopic (exact) mass is 381 g/mol. The third kappa shape index (κ3) is 4.41. The summed E-state index contributed by atoms with van der Waals surface area (Å²) in [6.45, 7) is 1.37. The largest absolute Gasteiger partial charge is 0.325 e. The predicted octanol–water partition coefficient (Wildman–Crippen LogP) is 2.30. The van der Waals surface area contributed by atoms with Gasteiger partial charge in [-0.1, -0.05) is 17.7 Å². The number of likely N-dealkylation sites (N-methyl/N-ethyl adjacent to an activating group) is 1. The lowest BCUT2D eigenvalue weighted by Crippen LogP contribution is -2.35. The Hall–Kier alpha value is -2.85. The molecule has 10 heteroatoms. The Kier molecular flexibility index (Phi) is 5.68. The van der Waals surface area contributed by atoms with Crippen LogP contribution in [0.3, 0.4) is 0 Å². The standard InChI is InChI=1S/C16H16FN3O5S/c1-11-3-5-12(6-4-11)18-16(21)10-19(2)26(24,25)13-7-8-14(17)15(9-13)20(22)23/h3-9H,10H2,1-2H3,(H,18,21). The highest BCUT2D eigenvalue weighted by Crippen LogP contribution is 2.23. The van der Waals surface area contributed by atoms with Crippen LogP contribution in [0.1, 0.15) is 5.56 Å². The molecule has 0 aliphatic rings. The first-order valence-electron chi connectivity index (χ1n) is 7.38. The van der Waals surface area contributed by atoms with Gasteiger partial charge in [-0.05, 0) is 31.2 Å². The van der Waals surface area contributed by atoms with Crippen LogP contribution in [-0.4, -0.2) is 37.1 Å². The van der Waals surface area contributed by atoms with Gasteiger partial charge in [0.15, 0.2) is 0 Å². The van der Waals surface area contributed by atoms with Crippen molar-refractivity contribution in [2.75, 3.05) is 18.9 Å². The van der Waals surface area contributed by atoms with Crippen LogP contribution >= 0.6 is 0 Å². The molecule has 0 atom stereocenters. The van der Waals surface area contributed by atoms with Gasteiger partial charge in [-0.15, -0.1) is 0 Å². The van der Waals surface area contributed by atoms with Gasteiger partial charge in [0.1, 0.15) is 0 Å². The minimum absolute atomic E-state index is 0.476.